The van der Waals surface area contributed by atoms with Crippen LogP contribution in [-0.2, 0) is 15.3 Å². The lowest BCUT2D eigenvalue weighted by Gasteiger charge is -2.10. The number of rotatable bonds is 6. The Balaban J connectivity index is 2.48. The van der Waals surface area contributed by atoms with Gasteiger partial charge in [-0.25, -0.2) is 4.39 Å². The molecular weight excluding hydrogens is 255 g/mol. The second-order valence-electron chi connectivity index (χ2n) is 3.87. The van der Waals surface area contributed by atoms with Crippen LogP contribution in [0.15, 0.2) is 18.2 Å². The molecule has 0 heterocycles. The van der Waals surface area contributed by atoms with E-state index in [1.54, 1.807) is 17.8 Å². The number of carbonyl (C=O) groups is 1. The van der Waals surface area contributed by atoms with Gasteiger partial charge in [0.2, 0.25) is 0 Å². The molecule has 0 aliphatic heterocycles. The van der Waals surface area contributed by atoms with Crippen molar-refractivity contribution in [3.8, 4) is 5.75 Å². The van der Waals surface area contributed by atoms with Crippen molar-refractivity contribution >= 4 is 17.7 Å². The fourth-order valence-corrected chi connectivity index (χ4v) is 2.33. The number of thioether (sulfide) groups is 1. The second-order valence-corrected chi connectivity index (χ2v) is 5.30. The lowest BCUT2D eigenvalue weighted by molar-refractivity contribution is -0.140. The van der Waals surface area contributed by atoms with E-state index in [-0.39, 0.29) is 22.8 Å². The Kier molecular flexibility index (Phi) is 5.98. The first kappa shape index (κ1) is 14.8. The normalized spacial score (nSPS) is 12.0. The third-order valence-electron chi connectivity index (χ3n) is 2.43. The van der Waals surface area contributed by atoms with Gasteiger partial charge in [0.1, 0.15) is 0 Å². The average Bonchev–Trinajstić information content (AvgIpc) is 2.36. The number of hydrogen-bond donors (Lipinski definition) is 0. The molecule has 0 amide bonds. The van der Waals surface area contributed by atoms with Gasteiger partial charge < -0.3 is 9.47 Å². The molecule has 0 bridgehead atoms. The summed E-state index contributed by atoms with van der Waals surface area (Å²) in [6.45, 7) is 1.95. The third kappa shape index (κ3) is 4.56. The minimum absolute atomic E-state index is 0.141. The number of carbonyl (C=O) groups excluding carboxylic acids is 1. The number of ether oxygens (including phenoxy) is 2. The van der Waals surface area contributed by atoms with Crippen LogP contribution in [0.4, 0.5) is 4.39 Å². The van der Waals surface area contributed by atoms with E-state index in [2.05, 4.69) is 4.74 Å². The summed E-state index contributed by atoms with van der Waals surface area (Å²) in [5.41, 5.74) is 0.870. The predicted octanol–water partition coefficient (Wildman–Crippen LogP) is 3.02. The van der Waals surface area contributed by atoms with E-state index in [0.29, 0.717) is 12.2 Å². The Morgan fingerprint density at radius 2 is 2.17 bits per heavy atom. The monoisotopic (exact) mass is 272 g/mol. The van der Waals surface area contributed by atoms with Crippen LogP contribution in [-0.4, -0.2) is 25.4 Å². The lowest BCUT2D eigenvalue weighted by Crippen LogP contribution is -2.08. The Hall–Kier alpha value is -1.23. The SMILES string of the molecule is COC(=O)CC(C)SCc1ccc(OC)c(F)c1. The Bertz CT molecular complexity index is 409. The Morgan fingerprint density at radius 1 is 1.44 bits per heavy atom. The molecule has 0 spiro atoms. The van der Waals surface area contributed by atoms with E-state index < -0.39 is 0 Å². The largest absolute Gasteiger partial charge is 0.494 e. The first-order valence-electron chi connectivity index (χ1n) is 5.57. The van der Waals surface area contributed by atoms with Crippen molar-refractivity contribution < 1.29 is 18.7 Å². The van der Waals surface area contributed by atoms with Gasteiger partial charge in [0.25, 0.3) is 0 Å². The molecule has 0 N–H and O–H groups in total. The topological polar surface area (TPSA) is 35.5 Å². The van der Waals surface area contributed by atoms with Gasteiger partial charge in [-0.15, -0.1) is 0 Å². The molecule has 0 saturated carbocycles. The summed E-state index contributed by atoms with van der Waals surface area (Å²) in [6.07, 6.45) is 0.361. The quantitative estimate of drug-likeness (QED) is 0.746. The number of methoxy groups -OCH3 is 2. The minimum Gasteiger partial charge on any atom is -0.494 e. The van der Waals surface area contributed by atoms with Gasteiger partial charge in [-0.1, -0.05) is 13.0 Å². The van der Waals surface area contributed by atoms with Crippen LogP contribution < -0.4 is 4.74 Å². The van der Waals surface area contributed by atoms with Gasteiger partial charge in [0.15, 0.2) is 11.6 Å². The lowest BCUT2D eigenvalue weighted by atomic mass is 10.2. The summed E-state index contributed by atoms with van der Waals surface area (Å²) in [6, 6.07) is 4.88. The van der Waals surface area contributed by atoms with Gasteiger partial charge in [-0.3, -0.25) is 4.79 Å². The Labute approximate surface area is 111 Å². The van der Waals surface area contributed by atoms with Crippen LogP contribution in [0, 0.1) is 5.82 Å². The van der Waals surface area contributed by atoms with Crippen LogP contribution in [0.3, 0.4) is 0 Å². The number of halogens is 1. The molecule has 1 atom stereocenters. The van der Waals surface area contributed by atoms with Crippen LogP contribution in [0.2, 0.25) is 0 Å². The molecule has 0 aliphatic rings. The van der Waals surface area contributed by atoms with Crippen LogP contribution in [0.1, 0.15) is 18.9 Å². The molecule has 0 saturated heterocycles. The summed E-state index contributed by atoms with van der Waals surface area (Å²) in [5, 5.41) is 0.141. The highest BCUT2D eigenvalue weighted by Crippen LogP contribution is 2.24. The van der Waals surface area contributed by atoms with E-state index in [1.165, 1.54) is 20.3 Å². The van der Waals surface area contributed by atoms with E-state index in [1.807, 2.05) is 13.0 Å². The predicted molar refractivity (Wildman–Crippen MR) is 70.3 cm³/mol. The van der Waals surface area contributed by atoms with Crippen molar-refractivity contribution in [2.75, 3.05) is 14.2 Å². The third-order valence-corrected chi connectivity index (χ3v) is 3.67. The fourth-order valence-electron chi connectivity index (χ4n) is 1.42. The van der Waals surface area contributed by atoms with Gasteiger partial charge in [0.05, 0.1) is 20.6 Å². The van der Waals surface area contributed by atoms with E-state index in [9.17, 15) is 9.18 Å². The number of benzene rings is 1. The maximum atomic E-state index is 13.4. The second kappa shape index (κ2) is 7.26. The molecule has 18 heavy (non-hydrogen) atoms. The number of hydrogen-bond acceptors (Lipinski definition) is 4. The van der Waals surface area contributed by atoms with Gasteiger partial charge in [-0.05, 0) is 17.7 Å². The van der Waals surface area contributed by atoms with Crippen LogP contribution in [0.25, 0.3) is 0 Å². The molecule has 3 nitrogen and oxygen atoms in total. The van der Waals surface area contributed by atoms with Crippen molar-refractivity contribution in [2.45, 2.75) is 24.3 Å². The Morgan fingerprint density at radius 3 is 2.72 bits per heavy atom. The first-order chi connectivity index (χ1) is 8.56. The van der Waals surface area contributed by atoms with Crippen LogP contribution >= 0.6 is 11.8 Å². The zero-order valence-corrected chi connectivity index (χ0v) is 11.6. The van der Waals surface area contributed by atoms with Gasteiger partial charge >= 0.3 is 5.97 Å². The summed E-state index contributed by atoms with van der Waals surface area (Å²) >= 11 is 1.59. The van der Waals surface area contributed by atoms with E-state index in [0.717, 1.165) is 5.56 Å². The highest BCUT2D eigenvalue weighted by Gasteiger charge is 2.10. The molecule has 5 heteroatoms. The van der Waals surface area contributed by atoms with Gasteiger partial charge in [-0.2, -0.15) is 11.8 Å². The summed E-state index contributed by atoms with van der Waals surface area (Å²) in [5.74, 6) is 0.303. The van der Waals surface area contributed by atoms with Crippen molar-refractivity contribution in [1.82, 2.24) is 0 Å². The molecule has 0 aliphatic carbocycles. The standard InChI is InChI=1S/C13H17FO3S/c1-9(6-13(15)17-3)18-8-10-4-5-12(16-2)11(14)7-10/h4-5,7,9H,6,8H2,1-3H3. The summed E-state index contributed by atoms with van der Waals surface area (Å²) in [4.78, 5) is 11.1. The molecule has 0 aromatic heterocycles. The highest BCUT2D eigenvalue weighted by molar-refractivity contribution is 7.99. The molecule has 100 valence electrons. The van der Waals surface area contributed by atoms with E-state index in [4.69, 9.17) is 4.74 Å². The van der Waals surface area contributed by atoms with Crippen molar-refractivity contribution in [3.05, 3.63) is 29.6 Å². The summed E-state index contributed by atoms with van der Waals surface area (Å²) in [7, 11) is 2.81. The van der Waals surface area contributed by atoms with E-state index >= 15 is 0 Å². The summed E-state index contributed by atoms with van der Waals surface area (Å²) < 4.78 is 22.9. The van der Waals surface area contributed by atoms with Crippen LogP contribution in [0.5, 0.6) is 5.75 Å². The number of esters is 1. The zero-order valence-electron chi connectivity index (χ0n) is 10.7. The van der Waals surface area contributed by atoms with Crippen molar-refractivity contribution in [3.63, 3.8) is 0 Å². The molecule has 1 unspecified atom stereocenters. The van der Waals surface area contributed by atoms with Gasteiger partial charge in [0, 0.05) is 11.0 Å². The first-order valence-corrected chi connectivity index (χ1v) is 6.62. The highest BCUT2D eigenvalue weighted by atomic mass is 32.2. The molecular formula is C13H17FO3S. The van der Waals surface area contributed by atoms with Crippen molar-refractivity contribution in [1.29, 1.82) is 0 Å². The molecule has 1 rings (SSSR count). The average molecular weight is 272 g/mol. The molecule has 0 radical (unpaired) electrons. The zero-order chi connectivity index (χ0) is 13.5. The maximum Gasteiger partial charge on any atom is 0.306 e. The molecule has 1 aromatic rings. The molecule has 1 aromatic carbocycles. The smallest absolute Gasteiger partial charge is 0.306 e. The molecule has 0 fully saturated rings. The minimum atomic E-state index is -0.365. The van der Waals surface area contributed by atoms with Crippen molar-refractivity contribution in [2.24, 2.45) is 0 Å². The fraction of sp³-hybridized carbons (Fsp3) is 0.462. The maximum absolute atomic E-state index is 13.4.